The highest BCUT2D eigenvalue weighted by atomic mass is 19.4. The second kappa shape index (κ2) is 4.24. The molecule has 19 heavy (non-hydrogen) atoms. The molecule has 0 unspecified atom stereocenters. The maximum atomic E-state index is 12.5. The summed E-state index contributed by atoms with van der Waals surface area (Å²) in [5, 5.41) is 11.3. The molecule has 0 saturated heterocycles. The summed E-state index contributed by atoms with van der Waals surface area (Å²) in [6, 6.07) is 2.16. The Morgan fingerprint density at radius 2 is 1.74 bits per heavy atom. The summed E-state index contributed by atoms with van der Waals surface area (Å²) in [4.78, 5) is 0. The first-order chi connectivity index (χ1) is 8.67. The zero-order valence-electron chi connectivity index (χ0n) is 8.92. The minimum absolute atomic E-state index is 0.218. The molecule has 1 N–H and O–H groups in total. The van der Waals surface area contributed by atoms with Crippen molar-refractivity contribution in [1.82, 2.24) is 19.8 Å². The predicted molar refractivity (Wildman–Crippen MR) is 50.3 cm³/mol. The van der Waals surface area contributed by atoms with Gasteiger partial charge in [0, 0.05) is 0 Å². The van der Waals surface area contributed by atoms with Crippen molar-refractivity contribution < 1.29 is 26.3 Å². The van der Waals surface area contributed by atoms with Gasteiger partial charge in [0.15, 0.2) is 5.65 Å². The molecule has 5 nitrogen and oxygen atoms in total. The number of nitrogens with one attached hydrogen (secondary N) is 1. The molecule has 11 heteroatoms. The van der Waals surface area contributed by atoms with Crippen molar-refractivity contribution in [1.29, 1.82) is 0 Å². The van der Waals surface area contributed by atoms with Gasteiger partial charge in [-0.2, -0.15) is 30.9 Å². The molecule has 2 aromatic rings. The van der Waals surface area contributed by atoms with Gasteiger partial charge in [0.1, 0.15) is 12.4 Å². The molecular weight excluding hydrogens is 280 g/mol. The van der Waals surface area contributed by atoms with Crippen LogP contribution in [0.1, 0.15) is 5.82 Å². The Morgan fingerprint density at radius 1 is 1.05 bits per heavy atom. The van der Waals surface area contributed by atoms with Crippen LogP contribution in [0.15, 0.2) is 12.1 Å². The summed E-state index contributed by atoms with van der Waals surface area (Å²) in [6.45, 7) is -1.41. The molecule has 2 rings (SSSR count). The van der Waals surface area contributed by atoms with E-state index in [4.69, 9.17) is 0 Å². The molecule has 2 heterocycles. The van der Waals surface area contributed by atoms with Crippen molar-refractivity contribution in [2.75, 3.05) is 11.9 Å². The van der Waals surface area contributed by atoms with Gasteiger partial charge in [-0.1, -0.05) is 0 Å². The summed E-state index contributed by atoms with van der Waals surface area (Å²) in [5.74, 6) is -1.77. The Kier molecular flexibility index (Phi) is 2.98. The van der Waals surface area contributed by atoms with Crippen LogP contribution in [0.25, 0.3) is 5.65 Å². The van der Waals surface area contributed by atoms with Gasteiger partial charge < -0.3 is 5.32 Å². The predicted octanol–water partition coefficient (Wildman–Crippen LogP) is 2.12. The van der Waals surface area contributed by atoms with Crippen LogP contribution in [0.2, 0.25) is 0 Å². The van der Waals surface area contributed by atoms with Crippen molar-refractivity contribution in [3.8, 4) is 0 Å². The third-order valence-electron chi connectivity index (χ3n) is 1.99. The van der Waals surface area contributed by atoms with Crippen molar-refractivity contribution in [3.63, 3.8) is 0 Å². The third-order valence-corrected chi connectivity index (χ3v) is 1.99. The van der Waals surface area contributed by atoms with Crippen LogP contribution in [-0.4, -0.2) is 32.5 Å². The lowest BCUT2D eigenvalue weighted by Crippen LogP contribution is -2.22. The summed E-state index contributed by atoms with van der Waals surface area (Å²) in [5.41, 5.74) is -0.218. The van der Waals surface area contributed by atoms with Gasteiger partial charge >= 0.3 is 12.4 Å². The van der Waals surface area contributed by atoms with Crippen LogP contribution in [0.4, 0.5) is 32.2 Å². The van der Waals surface area contributed by atoms with E-state index in [2.05, 4.69) is 15.3 Å². The lowest BCUT2D eigenvalue weighted by molar-refractivity contribution is -0.146. The number of alkyl halides is 6. The lowest BCUT2D eigenvalue weighted by Gasteiger charge is -2.09. The lowest BCUT2D eigenvalue weighted by atomic mass is 10.5. The summed E-state index contributed by atoms with van der Waals surface area (Å²) in [7, 11) is 0. The Balaban J connectivity index is 2.34. The van der Waals surface area contributed by atoms with Crippen LogP contribution in [-0.2, 0) is 6.18 Å². The fourth-order valence-corrected chi connectivity index (χ4v) is 1.25. The number of fused-ring (bicyclic) bond motifs is 1. The quantitative estimate of drug-likeness (QED) is 0.859. The molecule has 0 radical (unpaired) electrons. The summed E-state index contributed by atoms with van der Waals surface area (Å²) < 4.78 is 73.7. The van der Waals surface area contributed by atoms with E-state index in [-0.39, 0.29) is 11.5 Å². The van der Waals surface area contributed by atoms with Gasteiger partial charge in [0.05, 0.1) is 0 Å². The number of anilines is 1. The number of aromatic nitrogens is 4. The average Bonchev–Trinajstić information content (AvgIpc) is 2.67. The van der Waals surface area contributed by atoms with Crippen LogP contribution in [0.3, 0.4) is 0 Å². The van der Waals surface area contributed by atoms with E-state index >= 15 is 0 Å². The maximum absolute atomic E-state index is 12.5. The van der Waals surface area contributed by atoms with Crippen molar-refractivity contribution in [2.24, 2.45) is 0 Å². The largest absolute Gasteiger partial charge is 0.453 e. The van der Waals surface area contributed by atoms with Crippen molar-refractivity contribution in [2.45, 2.75) is 12.4 Å². The van der Waals surface area contributed by atoms with E-state index in [1.807, 2.05) is 5.32 Å². The van der Waals surface area contributed by atoms with Crippen LogP contribution >= 0.6 is 0 Å². The zero-order chi connectivity index (χ0) is 14.3. The molecule has 2 aromatic heterocycles. The molecule has 104 valence electrons. The first-order valence-corrected chi connectivity index (χ1v) is 4.77. The molecular formula is C8H5F6N5. The molecule has 0 aromatic carbocycles. The van der Waals surface area contributed by atoms with Crippen LogP contribution in [0.5, 0.6) is 0 Å². The standard InChI is InChI=1S/C8H5F6N5/c9-7(10,11)3-15-4-1-2-5-16-17-6(8(12,13)14)19(5)18-4/h1-2H,3H2,(H,15,18). The highest BCUT2D eigenvalue weighted by Crippen LogP contribution is 2.27. The number of rotatable bonds is 2. The second-order valence-electron chi connectivity index (χ2n) is 3.48. The molecule has 0 amide bonds. The minimum Gasteiger partial charge on any atom is -0.360 e. The minimum atomic E-state index is -4.80. The fraction of sp³-hybridized carbons (Fsp3) is 0.375. The maximum Gasteiger partial charge on any atom is 0.453 e. The molecule has 0 aliphatic rings. The SMILES string of the molecule is FC(F)(F)CNc1ccc2nnc(C(F)(F)F)n2n1. The van der Waals surface area contributed by atoms with E-state index < -0.39 is 24.7 Å². The van der Waals surface area contributed by atoms with Gasteiger partial charge in [-0.15, -0.1) is 15.3 Å². The van der Waals surface area contributed by atoms with Crippen molar-refractivity contribution >= 4 is 11.5 Å². The Bertz CT molecular complexity index is 585. The highest BCUT2D eigenvalue weighted by Gasteiger charge is 2.37. The van der Waals surface area contributed by atoms with Crippen molar-refractivity contribution in [3.05, 3.63) is 18.0 Å². The molecule has 0 aliphatic carbocycles. The molecule has 0 aliphatic heterocycles. The average molecular weight is 285 g/mol. The summed E-state index contributed by atoms with van der Waals surface area (Å²) in [6.07, 6.45) is -9.30. The van der Waals surface area contributed by atoms with Gasteiger partial charge in [0.2, 0.25) is 0 Å². The van der Waals surface area contributed by atoms with Gasteiger partial charge in [0.25, 0.3) is 5.82 Å². The number of hydrogen-bond acceptors (Lipinski definition) is 4. The zero-order valence-corrected chi connectivity index (χ0v) is 8.92. The van der Waals surface area contributed by atoms with Gasteiger partial charge in [-0.05, 0) is 12.1 Å². The molecule has 0 atom stereocenters. The highest BCUT2D eigenvalue weighted by molar-refractivity contribution is 5.44. The fourth-order valence-electron chi connectivity index (χ4n) is 1.25. The van der Waals surface area contributed by atoms with E-state index in [9.17, 15) is 26.3 Å². The smallest absolute Gasteiger partial charge is 0.360 e. The molecule has 0 spiro atoms. The number of halogens is 6. The molecule has 0 fully saturated rings. The Morgan fingerprint density at radius 3 is 2.32 bits per heavy atom. The first-order valence-electron chi connectivity index (χ1n) is 4.77. The normalized spacial score (nSPS) is 12.9. The van der Waals surface area contributed by atoms with E-state index in [1.165, 1.54) is 0 Å². The van der Waals surface area contributed by atoms with Gasteiger partial charge in [-0.25, -0.2) is 0 Å². The van der Waals surface area contributed by atoms with Crippen LogP contribution in [0, 0.1) is 0 Å². The van der Waals surface area contributed by atoms with E-state index in [1.54, 1.807) is 0 Å². The molecule has 0 saturated carbocycles. The van der Waals surface area contributed by atoms with Crippen LogP contribution < -0.4 is 5.32 Å². The monoisotopic (exact) mass is 285 g/mol. The second-order valence-corrected chi connectivity index (χ2v) is 3.48. The first kappa shape index (κ1) is 13.4. The number of hydrogen-bond donors (Lipinski definition) is 1. The Labute approximate surface area is 101 Å². The van der Waals surface area contributed by atoms with Gasteiger partial charge in [-0.3, -0.25) is 0 Å². The summed E-state index contributed by atoms with van der Waals surface area (Å²) >= 11 is 0. The van der Waals surface area contributed by atoms with E-state index in [0.29, 0.717) is 4.52 Å². The molecule has 0 bridgehead atoms. The Hall–Kier alpha value is -2.07. The number of nitrogens with zero attached hydrogens (tertiary/aromatic N) is 4. The third kappa shape index (κ3) is 3.03. The topological polar surface area (TPSA) is 55.1 Å². The van der Waals surface area contributed by atoms with E-state index in [0.717, 1.165) is 12.1 Å².